The minimum Gasteiger partial charge on any atom is -0.207 e. The molecule has 1 aromatic carbocycles. The summed E-state index contributed by atoms with van der Waals surface area (Å²) in [5.74, 6) is -0.233. The minimum atomic E-state index is -0.360. The van der Waals surface area contributed by atoms with Gasteiger partial charge in [0.2, 0.25) is 0 Å². The van der Waals surface area contributed by atoms with Gasteiger partial charge in [0.1, 0.15) is 10.6 Å². The molecular formula is C14H18FNS. The lowest BCUT2D eigenvalue weighted by atomic mass is 9.99. The van der Waals surface area contributed by atoms with Crippen molar-refractivity contribution in [3.63, 3.8) is 0 Å². The Kier molecular flexibility index (Phi) is 5.50. The van der Waals surface area contributed by atoms with E-state index in [1.807, 2.05) is 0 Å². The van der Waals surface area contributed by atoms with Crippen LogP contribution in [0, 0.1) is 17.1 Å². The standard InChI is InChI=1S/C14H18FNS/c1-3-9-14(11-16,10-4-2)17-13-7-5-12(15)6-8-13/h5-8H,3-4,9-10H2,1-2H3. The number of hydrogen-bond acceptors (Lipinski definition) is 2. The van der Waals surface area contributed by atoms with Crippen molar-refractivity contribution < 1.29 is 4.39 Å². The van der Waals surface area contributed by atoms with Crippen LogP contribution in [0.4, 0.5) is 4.39 Å². The van der Waals surface area contributed by atoms with E-state index in [1.54, 1.807) is 23.9 Å². The molecule has 1 aromatic rings. The number of benzene rings is 1. The molecule has 0 aliphatic heterocycles. The van der Waals surface area contributed by atoms with E-state index in [9.17, 15) is 9.65 Å². The van der Waals surface area contributed by atoms with Crippen LogP contribution in [0.15, 0.2) is 29.2 Å². The molecule has 17 heavy (non-hydrogen) atoms. The third-order valence-corrected chi connectivity index (χ3v) is 4.04. The van der Waals surface area contributed by atoms with Gasteiger partial charge < -0.3 is 0 Å². The summed E-state index contributed by atoms with van der Waals surface area (Å²) < 4.78 is 12.5. The van der Waals surface area contributed by atoms with Gasteiger partial charge in [-0.25, -0.2) is 4.39 Å². The van der Waals surface area contributed by atoms with Gasteiger partial charge in [-0.1, -0.05) is 26.7 Å². The summed E-state index contributed by atoms with van der Waals surface area (Å²) in [7, 11) is 0. The summed E-state index contributed by atoms with van der Waals surface area (Å²) in [6, 6.07) is 8.84. The van der Waals surface area contributed by atoms with Gasteiger partial charge in [-0.3, -0.25) is 0 Å². The first-order valence-electron chi connectivity index (χ1n) is 6.01. The van der Waals surface area contributed by atoms with Crippen LogP contribution in [0.25, 0.3) is 0 Å². The van der Waals surface area contributed by atoms with Crippen LogP contribution in [-0.2, 0) is 0 Å². The molecule has 0 saturated carbocycles. The normalized spacial score (nSPS) is 11.2. The summed E-state index contributed by atoms with van der Waals surface area (Å²) >= 11 is 1.57. The van der Waals surface area contributed by atoms with E-state index < -0.39 is 0 Å². The number of nitrogens with zero attached hydrogens (tertiary/aromatic N) is 1. The zero-order valence-electron chi connectivity index (χ0n) is 10.4. The van der Waals surface area contributed by atoms with E-state index in [2.05, 4.69) is 19.9 Å². The predicted octanol–water partition coefficient (Wildman–Crippen LogP) is 4.78. The fourth-order valence-corrected chi connectivity index (χ4v) is 3.28. The van der Waals surface area contributed by atoms with Crippen LogP contribution < -0.4 is 0 Å². The SMILES string of the molecule is CCCC(C#N)(CCC)Sc1ccc(F)cc1. The molecule has 1 rings (SSSR count). The van der Waals surface area contributed by atoms with Crippen LogP contribution in [0.1, 0.15) is 39.5 Å². The number of halogens is 1. The lowest BCUT2D eigenvalue weighted by Crippen LogP contribution is -2.21. The van der Waals surface area contributed by atoms with Gasteiger partial charge in [0.25, 0.3) is 0 Å². The van der Waals surface area contributed by atoms with Crippen LogP contribution in [0.3, 0.4) is 0 Å². The highest BCUT2D eigenvalue weighted by Crippen LogP contribution is 2.39. The van der Waals surface area contributed by atoms with E-state index in [4.69, 9.17) is 0 Å². The Hall–Kier alpha value is -1.01. The predicted molar refractivity (Wildman–Crippen MR) is 70.4 cm³/mol. The van der Waals surface area contributed by atoms with Crippen molar-refractivity contribution in [3.05, 3.63) is 30.1 Å². The molecule has 0 unspecified atom stereocenters. The quantitative estimate of drug-likeness (QED) is 0.679. The van der Waals surface area contributed by atoms with Crippen molar-refractivity contribution in [3.8, 4) is 6.07 Å². The zero-order valence-corrected chi connectivity index (χ0v) is 11.2. The molecule has 0 radical (unpaired) electrons. The molecule has 92 valence electrons. The van der Waals surface area contributed by atoms with Crippen molar-refractivity contribution in [2.24, 2.45) is 0 Å². The number of rotatable bonds is 6. The first-order chi connectivity index (χ1) is 8.15. The maximum atomic E-state index is 12.8. The van der Waals surface area contributed by atoms with Crippen molar-refractivity contribution in [2.75, 3.05) is 0 Å². The minimum absolute atomic E-state index is 0.233. The largest absolute Gasteiger partial charge is 0.207 e. The smallest absolute Gasteiger partial charge is 0.123 e. The fraction of sp³-hybridized carbons (Fsp3) is 0.500. The van der Waals surface area contributed by atoms with Crippen LogP contribution in [0.2, 0.25) is 0 Å². The average Bonchev–Trinajstić information content (AvgIpc) is 2.33. The first-order valence-corrected chi connectivity index (χ1v) is 6.83. The van der Waals surface area contributed by atoms with Crippen LogP contribution in [0.5, 0.6) is 0 Å². The highest BCUT2D eigenvalue weighted by molar-refractivity contribution is 8.01. The van der Waals surface area contributed by atoms with Gasteiger partial charge >= 0.3 is 0 Å². The third-order valence-electron chi connectivity index (χ3n) is 2.64. The van der Waals surface area contributed by atoms with Crippen molar-refractivity contribution in [2.45, 2.75) is 49.2 Å². The zero-order chi connectivity index (χ0) is 12.7. The Bertz CT molecular complexity index is 374. The second kappa shape index (κ2) is 6.66. The Morgan fingerprint density at radius 1 is 1.18 bits per heavy atom. The Balaban J connectivity index is 2.85. The maximum Gasteiger partial charge on any atom is 0.123 e. The van der Waals surface area contributed by atoms with Crippen LogP contribution >= 0.6 is 11.8 Å². The monoisotopic (exact) mass is 251 g/mol. The molecule has 0 N–H and O–H groups in total. The molecule has 0 bridgehead atoms. The fourth-order valence-electron chi connectivity index (χ4n) is 1.90. The first kappa shape index (κ1) is 14.1. The van der Waals surface area contributed by atoms with Gasteiger partial charge in [0.05, 0.1) is 6.07 Å². The summed E-state index contributed by atoms with van der Waals surface area (Å²) in [6.07, 6.45) is 3.72. The number of thioether (sulfide) groups is 1. The third kappa shape index (κ3) is 4.05. The van der Waals surface area contributed by atoms with E-state index in [-0.39, 0.29) is 10.6 Å². The Morgan fingerprint density at radius 3 is 2.12 bits per heavy atom. The Morgan fingerprint density at radius 2 is 1.71 bits per heavy atom. The van der Waals surface area contributed by atoms with Crippen LogP contribution in [-0.4, -0.2) is 4.75 Å². The molecule has 0 spiro atoms. The Labute approximate surface area is 107 Å². The molecule has 0 aliphatic carbocycles. The molecule has 3 heteroatoms. The maximum absolute atomic E-state index is 12.8. The molecule has 0 fully saturated rings. The summed E-state index contributed by atoms with van der Waals surface area (Å²) in [6.45, 7) is 4.18. The number of hydrogen-bond donors (Lipinski definition) is 0. The number of nitriles is 1. The molecule has 0 aliphatic rings. The topological polar surface area (TPSA) is 23.8 Å². The highest BCUT2D eigenvalue weighted by Gasteiger charge is 2.29. The van der Waals surface area contributed by atoms with Crippen molar-refractivity contribution in [1.29, 1.82) is 5.26 Å². The molecule has 1 nitrogen and oxygen atoms in total. The average molecular weight is 251 g/mol. The highest BCUT2D eigenvalue weighted by atomic mass is 32.2. The lowest BCUT2D eigenvalue weighted by molar-refractivity contribution is 0.584. The summed E-state index contributed by atoms with van der Waals surface area (Å²) in [5.41, 5.74) is 0. The lowest BCUT2D eigenvalue weighted by Gasteiger charge is -2.25. The van der Waals surface area contributed by atoms with Gasteiger partial charge in [0, 0.05) is 4.90 Å². The molecule has 0 saturated heterocycles. The summed E-state index contributed by atoms with van der Waals surface area (Å²) in [5, 5.41) is 9.41. The van der Waals surface area contributed by atoms with E-state index in [0.717, 1.165) is 30.6 Å². The molecule has 0 amide bonds. The van der Waals surface area contributed by atoms with Gasteiger partial charge in [-0.2, -0.15) is 5.26 Å². The van der Waals surface area contributed by atoms with Crippen molar-refractivity contribution >= 4 is 11.8 Å². The second-order valence-corrected chi connectivity index (χ2v) is 5.62. The van der Waals surface area contributed by atoms with Gasteiger partial charge in [0.15, 0.2) is 0 Å². The van der Waals surface area contributed by atoms with E-state index in [1.165, 1.54) is 12.1 Å². The van der Waals surface area contributed by atoms with Crippen molar-refractivity contribution in [1.82, 2.24) is 0 Å². The molecule has 0 heterocycles. The van der Waals surface area contributed by atoms with Gasteiger partial charge in [-0.05, 0) is 37.1 Å². The van der Waals surface area contributed by atoms with Gasteiger partial charge in [-0.15, -0.1) is 11.8 Å². The molecule has 0 atom stereocenters. The second-order valence-electron chi connectivity index (χ2n) is 4.16. The van der Waals surface area contributed by atoms with E-state index >= 15 is 0 Å². The molecule has 0 aromatic heterocycles. The summed E-state index contributed by atoms with van der Waals surface area (Å²) in [4.78, 5) is 0.967. The van der Waals surface area contributed by atoms with E-state index in [0.29, 0.717) is 0 Å². The molecular weight excluding hydrogens is 233 g/mol.